The van der Waals surface area contributed by atoms with Crippen LogP contribution in [0.5, 0.6) is 0 Å². The Morgan fingerprint density at radius 2 is 1.68 bits per heavy atom. The largest absolute Gasteiger partial charge is 0.368 e. The van der Waals surface area contributed by atoms with Gasteiger partial charge in [0.2, 0.25) is 0 Å². The molecule has 0 bridgehead atoms. The molecule has 2 aromatic carbocycles. The normalized spacial score (nSPS) is 15.3. The maximum absolute atomic E-state index is 9.35. The highest BCUT2D eigenvalue weighted by molar-refractivity contribution is 5.76. The molecule has 2 heterocycles. The molecule has 0 unspecified atom stereocenters. The van der Waals surface area contributed by atoms with Gasteiger partial charge in [0, 0.05) is 45.2 Å². The summed E-state index contributed by atoms with van der Waals surface area (Å²) in [7, 11) is 0. The third kappa shape index (κ3) is 3.61. The van der Waals surface area contributed by atoms with Crippen molar-refractivity contribution >= 4 is 16.7 Å². The molecule has 0 atom stereocenters. The van der Waals surface area contributed by atoms with Crippen molar-refractivity contribution in [2.45, 2.75) is 26.3 Å². The number of rotatable bonds is 5. The summed E-state index contributed by atoms with van der Waals surface area (Å²) in [6.45, 7) is 10.4. The van der Waals surface area contributed by atoms with Gasteiger partial charge in [-0.1, -0.05) is 38.1 Å². The van der Waals surface area contributed by atoms with Crippen molar-refractivity contribution in [3.63, 3.8) is 0 Å². The van der Waals surface area contributed by atoms with Crippen molar-refractivity contribution in [1.29, 1.82) is 5.26 Å². The highest BCUT2D eigenvalue weighted by Gasteiger charge is 2.20. The summed E-state index contributed by atoms with van der Waals surface area (Å²) in [6, 6.07) is 18.6. The number of fused-ring (bicyclic) bond motifs is 1. The monoisotopic (exact) mass is 373 g/mol. The molecule has 28 heavy (non-hydrogen) atoms. The van der Waals surface area contributed by atoms with Gasteiger partial charge in [-0.25, -0.2) is 4.98 Å². The van der Waals surface area contributed by atoms with Crippen LogP contribution in [-0.4, -0.2) is 47.2 Å². The quantitative estimate of drug-likeness (QED) is 0.681. The molecule has 0 saturated carbocycles. The van der Waals surface area contributed by atoms with Gasteiger partial charge in [0.15, 0.2) is 0 Å². The number of hydrogen-bond acceptors (Lipinski definition) is 4. The van der Waals surface area contributed by atoms with Gasteiger partial charge in [-0.2, -0.15) is 5.26 Å². The van der Waals surface area contributed by atoms with Crippen LogP contribution in [0.25, 0.3) is 11.0 Å². The molecule has 4 rings (SSSR count). The van der Waals surface area contributed by atoms with Crippen LogP contribution in [0, 0.1) is 11.3 Å². The van der Waals surface area contributed by atoms with Crippen LogP contribution in [0.15, 0.2) is 48.5 Å². The molecule has 0 amide bonds. The average Bonchev–Trinajstić information content (AvgIpc) is 3.11. The van der Waals surface area contributed by atoms with E-state index in [4.69, 9.17) is 4.98 Å². The lowest BCUT2D eigenvalue weighted by Gasteiger charge is -2.36. The third-order valence-electron chi connectivity index (χ3n) is 5.58. The van der Waals surface area contributed by atoms with Crippen LogP contribution in [0.3, 0.4) is 0 Å². The highest BCUT2D eigenvalue weighted by atomic mass is 15.3. The second-order valence-corrected chi connectivity index (χ2v) is 7.72. The molecule has 1 aliphatic heterocycles. The van der Waals surface area contributed by atoms with Gasteiger partial charge in [-0.15, -0.1) is 0 Å². The number of benzene rings is 2. The summed E-state index contributed by atoms with van der Waals surface area (Å²) in [6.07, 6.45) is 0. The molecule has 3 aromatic rings. The fourth-order valence-corrected chi connectivity index (χ4v) is 4.07. The topological polar surface area (TPSA) is 48.1 Å². The van der Waals surface area contributed by atoms with Crippen molar-refractivity contribution in [1.82, 2.24) is 14.5 Å². The zero-order valence-corrected chi connectivity index (χ0v) is 16.7. The minimum absolute atomic E-state index is 0.409. The van der Waals surface area contributed by atoms with Gasteiger partial charge >= 0.3 is 0 Å². The number of nitriles is 1. The Morgan fingerprint density at radius 3 is 2.43 bits per heavy atom. The molecule has 1 aromatic heterocycles. The van der Waals surface area contributed by atoms with E-state index in [0.717, 1.165) is 56.0 Å². The number of aromatic nitrogens is 2. The number of anilines is 1. The Kier molecular flexibility index (Phi) is 5.31. The Morgan fingerprint density at radius 1 is 0.964 bits per heavy atom. The van der Waals surface area contributed by atoms with Gasteiger partial charge in [-0.3, -0.25) is 4.90 Å². The molecule has 1 fully saturated rings. The summed E-state index contributed by atoms with van der Waals surface area (Å²) in [4.78, 5) is 9.71. The molecule has 0 radical (unpaired) electrons. The van der Waals surface area contributed by atoms with E-state index in [2.05, 4.69) is 64.6 Å². The van der Waals surface area contributed by atoms with Crippen LogP contribution >= 0.6 is 0 Å². The Hall–Kier alpha value is -2.84. The molecular weight excluding hydrogens is 346 g/mol. The lowest BCUT2D eigenvalue weighted by molar-refractivity contribution is 0.248. The van der Waals surface area contributed by atoms with Crippen molar-refractivity contribution in [2.24, 2.45) is 0 Å². The predicted molar refractivity (Wildman–Crippen MR) is 114 cm³/mol. The van der Waals surface area contributed by atoms with E-state index in [-0.39, 0.29) is 0 Å². The van der Waals surface area contributed by atoms with Crippen molar-refractivity contribution in [3.8, 4) is 6.07 Å². The van der Waals surface area contributed by atoms with E-state index in [1.54, 1.807) is 0 Å². The minimum Gasteiger partial charge on any atom is -0.368 e. The molecule has 0 spiro atoms. The summed E-state index contributed by atoms with van der Waals surface area (Å²) >= 11 is 0. The number of nitrogens with zero attached hydrogens (tertiary/aromatic N) is 5. The van der Waals surface area contributed by atoms with E-state index < -0.39 is 0 Å². The van der Waals surface area contributed by atoms with Crippen LogP contribution in [-0.2, 0) is 6.54 Å². The summed E-state index contributed by atoms with van der Waals surface area (Å²) in [5, 5.41) is 9.35. The van der Waals surface area contributed by atoms with Gasteiger partial charge in [0.25, 0.3) is 0 Å². The highest BCUT2D eigenvalue weighted by Crippen LogP contribution is 2.23. The van der Waals surface area contributed by atoms with Gasteiger partial charge in [-0.05, 0) is 24.3 Å². The predicted octanol–water partition coefficient (Wildman–Crippen LogP) is 3.85. The maximum Gasteiger partial charge on any atom is 0.112 e. The number of para-hydroxylation sites is 3. The standard InChI is InChI=1S/C23H27N5/c1-18(2)23-25-20-8-4-6-10-22(20)28(23)16-13-26-11-14-27(15-12-26)21-9-5-3-7-19(21)17-24/h3-10,18H,11-16H2,1-2H3. The Bertz CT molecular complexity index is 990. The molecule has 0 aliphatic carbocycles. The lowest BCUT2D eigenvalue weighted by Crippen LogP contribution is -2.47. The Labute approximate surface area is 166 Å². The molecule has 5 nitrogen and oxygen atoms in total. The fraction of sp³-hybridized carbons (Fsp3) is 0.391. The summed E-state index contributed by atoms with van der Waals surface area (Å²) in [5.41, 5.74) is 4.15. The van der Waals surface area contributed by atoms with Crippen molar-refractivity contribution in [3.05, 3.63) is 59.9 Å². The number of piperazine rings is 1. The van der Waals surface area contributed by atoms with Gasteiger partial charge in [0.05, 0.1) is 22.3 Å². The third-order valence-corrected chi connectivity index (χ3v) is 5.58. The summed E-state index contributed by atoms with van der Waals surface area (Å²) < 4.78 is 2.39. The second kappa shape index (κ2) is 8.04. The van der Waals surface area contributed by atoms with Crippen LogP contribution in [0.4, 0.5) is 5.69 Å². The van der Waals surface area contributed by atoms with E-state index >= 15 is 0 Å². The van der Waals surface area contributed by atoms with Gasteiger partial charge < -0.3 is 9.47 Å². The minimum atomic E-state index is 0.409. The van der Waals surface area contributed by atoms with E-state index in [1.165, 1.54) is 11.3 Å². The molecular formula is C23H27N5. The van der Waals surface area contributed by atoms with Crippen LogP contribution in [0.1, 0.15) is 31.2 Å². The summed E-state index contributed by atoms with van der Waals surface area (Å²) in [5.74, 6) is 1.58. The zero-order chi connectivity index (χ0) is 19.5. The molecule has 144 valence electrons. The number of hydrogen-bond donors (Lipinski definition) is 0. The first kappa shape index (κ1) is 18.5. The first-order valence-electron chi connectivity index (χ1n) is 10.1. The second-order valence-electron chi connectivity index (χ2n) is 7.72. The van der Waals surface area contributed by atoms with Crippen LogP contribution < -0.4 is 4.90 Å². The van der Waals surface area contributed by atoms with E-state index in [1.807, 2.05) is 18.2 Å². The van der Waals surface area contributed by atoms with Crippen molar-refractivity contribution < 1.29 is 0 Å². The average molecular weight is 374 g/mol. The van der Waals surface area contributed by atoms with E-state index in [0.29, 0.717) is 5.92 Å². The SMILES string of the molecule is CC(C)c1nc2ccccc2n1CCN1CCN(c2ccccc2C#N)CC1. The van der Waals surface area contributed by atoms with Crippen LogP contribution in [0.2, 0.25) is 0 Å². The first-order valence-corrected chi connectivity index (χ1v) is 10.1. The Balaban J connectivity index is 1.42. The molecule has 1 saturated heterocycles. The lowest BCUT2D eigenvalue weighted by atomic mass is 10.1. The molecule has 5 heteroatoms. The first-order chi connectivity index (χ1) is 13.7. The molecule has 1 aliphatic rings. The fourth-order valence-electron chi connectivity index (χ4n) is 4.07. The smallest absolute Gasteiger partial charge is 0.112 e. The van der Waals surface area contributed by atoms with E-state index in [9.17, 15) is 5.26 Å². The number of imidazole rings is 1. The van der Waals surface area contributed by atoms with Crippen molar-refractivity contribution in [2.75, 3.05) is 37.6 Å². The maximum atomic E-state index is 9.35. The molecule has 0 N–H and O–H groups in total. The van der Waals surface area contributed by atoms with Gasteiger partial charge in [0.1, 0.15) is 11.9 Å². The zero-order valence-electron chi connectivity index (χ0n) is 16.7.